The summed E-state index contributed by atoms with van der Waals surface area (Å²) in [5.41, 5.74) is 1.21. The Hall–Kier alpha value is -4.14. The van der Waals surface area contributed by atoms with Gasteiger partial charge in [-0.15, -0.1) is 0 Å². The molecular formula is C27H41FN6O7. The van der Waals surface area contributed by atoms with E-state index in [0.29, 0.717) is 35.7 Å². The summed E-state index contributed by atoms with van der Waals surface area (Å²) in [4.78, 5) is 39.1. The summed E-state index contributed by atoms with van der Waals surface area (Å²) in [7, 11) is 1.76. The normalized spacial score (nSPS) is 14.0. The molecule has 0 bridgehead atoms. The summed E-state index contributed by atoms with van der Waals surface area (Å²) in [6, 6.07) is 7.75. The van der Waals surface area contributed by atoms with Crippen LogP contribution in [0.15, 0.2) is 36.5 Å². The lowest BCUT2D eigenvalue weighted by atomic mass is 10.1. The second-order valence-corrected chi connectivity index (χ2v) is 7.66. The van der Waals surface area contributed by atoms with Crippen LogP contribution in [0.3, 0.4) is 0 Å². The van der Waals surface area contributed by atoms with Gasteiger partial charge in [0.25, 0.3) is 12.4 Å². The number of ether oxygens (including phenoxy) is 1. The standard InChI is InChI=1S/C22H27FN6O5.2C2H6.CH2O2/c1-25-10-16-11-29(22(33)34-16)15-3-4-17(18(23)8-15)14-2-5-20(27-9-14)28(13-24)7-6-26-21(32)19(31)12-30;2*1-2;2-1-3/h2-5,8-9,13,16,19,24-25,30-31H,6-7,10-12H2,1H3,(H,26,32);2*1-2H3;1H,(H,2,3). The number of cyclic esters (lactones) is 1. The Kier molecular flexibility index (Phi) is 18.6. The predicted molar refractivity (Wildman–Crippen MR) is 155 cm³/mol. The van der Waals surface area contributed by atoms with Crippen molar-refractivity contribution in [3.8, 4) is 11.1 Å². The molecular weight excluding hydrogens is 539 g/mol. The molecule has 13 nitrogen and oxygen atoms in total. The smallest absolute Gasteiger partial charge is 0.414 e. The number of pyridine rings is 1. The predicted octanol–water partition coefficient (Wildman–Crippen LogP) is 2.07. The first-order valence-electron chi connectivity index (χ1n) is 13.1. The van der Waals surface area contributed by atoms with Crippen molar-refractivity contribution in [3.05, 3.63) is 42.3 Å². The van der Waals surface area contributed by atoms with Gasteiger partial charge < -0.3 is 35.6 Å². The molecule has 41 heavy (non-hydrogen) atoms. The van der Waals surface area contributed by atoms with Crippen molar-refractivity contribution < 1.29 is 38.8 Å². The Bertz CT molecular complexity index is 1070. The zero-order chi connectivity index (χ0) is 31.4. The highest BCUT2D eigenvalue weighted by molar-refractivity contribution is 5.90. The number of aromatic nitrogens is 1. The highest BCUT2D eigenvalue weighted by Crippen LogP contribution is 2.29. The molecule has 0 spiro atoms. The van der Waals surface area contributed by atoms with Gasteiger partial charge in [-0.05, 0) is 37.4 Å². The summed E-state index contributed by atoms with van der Waals surface area (Å²) in [6.07, 6.45) is 0.167. The number of hydrogen-bond donors (Lipinski definition) is 6. The van der Waals surface area contributed by atoms with Gasteiger partial charge in [0, 0.05) is 37.0 Å². The van der Waals surface area contributed by atoms with E-state index in [1.165, 1.54) is 22.1 Å². The Morgan fingerprint density at radius 1 is 1.29 bits per heavy atom. The van der Waals surface area contributed by atoms with Crippen molar-refractivity contribution in [2.45, 2.75) is 39.9 Å². The molecule has 2 amide bonds. The van der Waals surface area contributed by atoms with Crippen molar-refractivity contribution >= 4 is 36.3 Å². The van der Waals surface area contributed by atoms with E-state index in [9.17, 15) is 19.1 Å². The molecule has 0 radical (unpaired) electrons. The SMILES string of the molecule is CC.CC.CNCC1CN(c2ccc(-c3ccc(N(C=N)CCNC(=O)C(O)CO)nc3)c(F)c2)C(=O)O1.O=CO. The Morgan fingerprint density at radius 2 is 1.95 bits per heavy atom. The van der Waals surface area contributed by atoms with E-state index in [2.05, 4.69) is 15.6 Å². The lowest BCUT2D eigenvalue weighted by molar-refractivity contribution is -0.131. The number of halogens is 1. The van der Waals surface area contributed by atoms with Gasteiger partial charge in [0.1, 0.15) is 17.7 Å². The lowest BCUT2D eigenvalue weighted by Gasteiger charge is -2.19. The first-order valence-corrected chi connectivity index (χ1v) is 13.1. The first-order chi connectivity index (χ1) is 19.8. The van der Waals surface area contributed by atoms with Crippen LogP contribution in [0.4, 0.5) is 20.7 Å². The van der Waals surface area contributed by atoms with Crippen LogP contribution in [0.25, 0.3) is 11.1 Å². The van der Waals surface area contributed by atoms with Crippen molar-refractivity contribution in [2.24, 2.45) is 0 Å². The topological polar surface area (TPSA) is 188 Å². The summed E-state index contributed by atoms with van der Waals surface area (Å²) in [6.45, 7) is 8.21. The van der Waals surface area contributed by atoms with Crippen LogP contribution >= 0.6 is 0 Å². The number of benzene rings is 1. The van der Waals surface area contributed by atoms with Crippen molar-refractivity contribution in [2.75, 3.05) is 49.6 Å². The molecule has 6 N–H and O–H groups in total. The maximum Gasteiger partial charge on any atom is 0.414 e. The fourth-order valence-electron chi connectivity index (χ4n) is 3.43. The number of likely N-dealkylation sites (N-methyl/N-ethyl adjacent to an activating group) is 1. The maximum atomic E-state index is 14.9. The fourth-order valence-corrected chi connectivity index (χ4v) is 3.43. The maximum absolute atomic E-state index is 14.9. The van der Waals surface area contributed by atoms with Gasteiger partial charge in [0.15, 0.2) is 6.10 Å². The average molecular weight is 581 g/mol. The van der Waals surface area contributed by atoms with E-state index < -0.39 is 30.5 Å². The third kappa shape index (κ3) is 11.5. The van der Waals surface area contributed by atoms with E-state index >= 15 is 0 Å². The molecule has 14 heteroatoms. The number of rotatable bonds is 11. The zero-order valence-electron chi connectivity index (χ0n) is 24.0. The molecule has 0 saturated carbocycles. The quantitative estimate of drug-likeness (QED) is 0.130. The van der Waals surface area contributed by atoms with E-state index in [1.807, 2.05) is 27.7 Å². The molecule has 1 aromatic carbocycles. The number of carbonyl (C=O) groups excluding carboxylic acids is 2. The Balaban J connectivity index is 0.00000210. The average Bonchev–Trinajstić information content (AvgIpc) is 3.37. The highest BCUT2D eigenvalue weighted by atomic mass is 19.1. The molecule has 3 rings (SSSR count). The van der Waals surface area contributed by atoms with E-state index in [1.54, 1.807) is 31.3 Å². The van der Waals surface area contributed by atoms with Crippen LogP contribution in [0.2, 0.25) is 0 Å². The summed E-state index contributed by atoms with van der Waals surface area (Å²) in [5.74, 6) is -0.830. The van der Waals surface area contributed by atoms with Gasteiger partial charge in [0.05, 0.1) is 25.2 Å². The van der Waals surface area contributed by atoms with Gasteiger partial charge in [-0.25, -0.2) is 14.2 Å². The number of nitrogens with zero attached hydrogens (tertiary/aromatic N) is 3. The van der Waals surface area contributed by atoms with E-state index in [4.69, 9.17) is 25.2 Å². The van der Waals surface area contributed by atoms with E-state index in [0.717, 1.165) is 6.34 Å². The molecule has 0 aliphatic carbocycles. The molecule has 228 valence electrons. The minimum absolute atomic E-state index is 0.110. The van der Waals surface area contributed by atoms with Gasteiger partial charge in [-0.3, -0.25) is 19.9 Å². The number of amides is 2. The molecule has 2 unspecified atom stereocenters. The van der Waals surface area contributed by atoms with Gasteiger partial charge in [-0.1, -0.05) is 27.7 Å². The minimum atomic E-state index is -1.50. The Labute approximate surface area is 239 Å². The van der Waals surface area contributed by atoms with Crippen LogP contribution in [0, 0.1) is 11.2 Å². The third-order valence-corrected chi connectivity index (χ3v) is 5.21. The summed E-state index contributed by atoms with van der Waals surface area (Å²) >= 11 is 0. The van der Waals surface area contributed by atoms with Crippen molar-refractivity contribution in [1.82, 2.24) is 15.6 Å². The minimum Gasteiger partial charge on any atom is -0.483 e. The summed E-state index contributed by atoms with van der Waals surface area (Å²) < 4.78 is 20.1. The first kappa shape index (κ1) is 36.9. The van der Waals surface area contributed by atoms with Crippen LogP contribution in [-0.2, 0) is 14.3 Å². The Morgan fingerprint density at radius 3 is 2.46 bits per heavy atom. The molecule has 1 aliphatic heterocycles. The number of nitrogens with one attached hydrogen (secondary N) is 3. The molecule has 2 aromatic rings. The molecule has 2 heterocycles. The summed E-state index contributed by atoms with van der Waals surface area (Å²) in [5, 5.41) is 37.9. The molecule has 2 atom stereocenters. The molecule has 1 saturated heterocycles. The number of carboxylic acid groups (broad SMARTS) is 1. The van der Waals surface area contributed by atoms with Crippen LogP contribution in [0.5, 0.6) is 0 Å². The third-order valence-electron chi connectivity index (χ3n) is 5.21. The highest BCUT2D eigenvalue weighted by Gasteiger charge is 2.32. The number of aliphatic hydroxyl groups is 2. The molecule has 1 fully saturated rings. The number of carbonyl (C=O) groups is 3. The van der Waals surface area contributed by atoms with Crippen LogP contribution < -0.4 is 20.4 Å². The molecule has 1 aliphatic rings. The van der Waals surface area contributed by atoms with E-state index in [-0.39, 0.29) is 25.7 Å². The second-order valence-electron chi connectivity index (χ2n) is 7.66. The van der Waals surface area contributed by atoms with Gasteiger partial charge in [0.2, 0.25) is 0 Å². The van der Waals surface area contributed by atoms with Crippen LogP contribution in [-0.4, -0.2) is 97.2 Å². The molecule has 1 aromatic heterocycles. The number of hydrogen-bond acceptors (Lipinski definition) is 9. The van der Waals surface area contributed by atoms with Crippen LogP contribution in [0.1, 0.15) is 27.7 Å². The number of anilines is 2. The van der Waals surface area contributed by atoms with Crippen molar-refractivity contribution in [1.29, 1.82) is 5.41 Å². The lowest BCUT2D eigenvalue weighted by Crippen LogP contribution is -2.41. The second kappa shape index (κ2) is 20.7. The number of aliphatic hydroxyl groups excluding tert-OH is 2. The largest absolute Gasteiger partial charge is 0.483 e. The van der Waals surface area contributed by atoms with Crippen molar-refractivity contribution in [3.63, 3.8) is 0 Å². The van der Waals surface area contributed by atoms with Gasteiger partial charge >= 0.3 is 6.09 Å². The monoisotopic (exact) mass is 580 g/mol. The fraction of sp³-hybridized carbons (Fsp3) is 0.444. The van der Waals surface area contributed by atoms with Gasteiger partial charge in [-0.2, -0.15) is 0 Å². The zero-order valence-corrected chi connectivity index (χ0v) is 24.0.